The first-order valence-electron chi connectivity index (χ1n) is 9.50. The normalized spacial score (nSPS) is 21.6. The van der Waals surface area contributed by atoms with Crippen LogP contribution in [0.25, 0.3) is 0 Å². The first kappa shape index (κ1) is 18.4. The second-order valence-electron chi connectivity index (χ2n) is 7.72. The van der Waals surface area contributed by atoms with Crippen LogP contribution in [-0.2, 0) is 13.1 Å². The molecule has 2 heterocycles. The van der Waals surface area contributed by atoms with Crippen LogP contribution in [0.1, 0.15) is 30.4 Å². The summed E-state index contributed by atoms with van der Waals surface area (Å²) < 4.78 is 1.39. The maximum absolute atomic E-state index is 2.73. The first-order chi connectivity index (χ1) is 11.8. The fourth-order valence-corrected chi connectivity index (χ4v) is 4.71. The standard InChI is InChI=1S/C22H29N2.ClH/c1-3-9-20(10-4-1)17-23(18-21-11-5-2-6-12-21)22-13-16-24(19-22)14-7-8-15-24;/h1-6,9-12,22H,7-8,13-19H2;1H/q+1;/p-1/t22-;/m0./s1. The summed E-state index contributed by atoms with van der Waals surface area (Å²) in [7, 11) is 0. The van der Waals surface area contributed by atoms with E-state index in [9.17, 15) is 0 Å². The van der Waals surface area contributed by atoms with Crippen LogP contribution in [0.4, 0.5) is 0 Å². The molecule has 2 aromatic carbocycles. The predicted molar refractivity (Wildman–Crippen MR) is 99.5 cm³/mol. The molecule has 0 bridgehead atoms. The lowest BCUT2D eigenvalue weighted by molar-refractivity contribution is -0.905. The Kier molecular flexibility index (Phi) is 6.16. The molecule has 0 amide bonds. The van der Waals surface area contributed by atoms with Crippen molar-refractivity contribution in [3.05, 3.63) is 71.8 Å². The number of hydrogen-bond acceptors (Lipinski definition) is 1. The van der Waals surface area contributed by atoms with Crippen molar-refractivity contribution in [2.24, 2.45) is 0 Å². The molecule has 0 aliphatic carbocycles. The summed E-state index contributed by atoms with van der Waals surface area (Å²) in [5.41, 5.74) is 2.88. The minimum atomic E-state index is 0. The van der Waals surface area contributed by atoms with Gasteiger partial charge in [-0.1, -0.05) is 60.7 Å². The van der Waals surface area contributed by atoms with Crippen molar-refractivity contribution in [2.45, 2.75) is 38.4 Å². The summed E-state index contributed by atoms with van der Waals surface area (Å²) in [4.78, 5) is 2.73. The van der Waals surface area contributed by atoms with E-state index in [4.69, 9.17) is 0 Å². The summed E-state index contributed by atoms with van der Waals surface area (Å²) in [5.74, 6) is 0. The highest BCUT2D eigenvalue weighted by Gasteiger charge is 2.42. The van der Waals surface area contributed by atoms with Crippen LogP contribution in [0.2, 0.25) is 0 Å². The Morgan fingerprint density at radius 1 is 0.760 bits per heavy atom. The van der Waals surface area contributed by atoms with Gasteiger partial charge in [-0.15, -0.1) is 0 Å². The summed E-state index contributed by atoms with van der Waals surface area (Å²) in [5, 5.41) is 0. The molecule has 4 rings (SSSR count). The highest BCUT2D eigenvalue weighted by molar-refractivity contribution is 5.17. The highest BCUT2D eigenvalue weighted by Crippen LogP contribution is 2.30. The molecule has 2 aromatic rings. The van der Waals surface area contributed by atoms with E-state index in [2.05, 4.69) is 65.6 Å². The Bertz CT molecular complexity index is 596. The van der Waals surface area contributed by atoms with Crippen LogP contribution in [0.5, 0.6) is 0 Å². The lowest BCUT2D eigenvalue weighted by Gasteiger charge is -2.32. The fourth-order valence-electron chi connectivity index (χ4n) is 4.71. The number of quaternary nitrogens is 1. The van der Waals surface area contributed by atoms with E-state index in [1.54, 1.807) is 0 Å². The third-order valence-electron chi connectivity index (χ3n) is 6.02. The minimum absolute atomic E-state index is 0. The highest BCUT2D eigenvalue weighted by atomic mass is 35.5. The van der Waals surface area contributed by atoms with E-state index >= 15 is 0 Å². The Labute approximate surface area is 158 Å². The molecule has 0 unspecified atom stereocenters. The average molecular weight is 357 g/mol. The van der Waals surface area contributed by atoms with Gasteiger partial charge in [0.2, 0.25) is 0 Å². The molecule has 3 heteroatoms. The molecular formula is C22H29ClN2. The Balaban J connectivity index is 0.00000182. The number of benzene rings is 2. The van der Waals surface area contributed by atoms with Crippen LogP contribution in [0.15, 0.2) is 60.7 Å². The second-order valence-corrected chi connectivity index (χ2v) is 7.72. The van der Waals surface area contributed by atoms with Crippen molar-refractivity contribution in [3.8, 4) is 0 Å². The maximum atomic E-state index is 2.73. The van der Waals surface area contributed by atoms with Gasteiger partial charge in [-0.3, -0.25) is 4.90 Å². The first-order valence-corrected chi connectivity index (χ1v) is 9.50. The summed E-state index contributed by atoms with van der Waals surface area (Å²) in [6, 6.07) is 22.7. The van der Waals surface area contributed by atoms with Crippen molar-refractivity contribution in [2.75, 3.05) is 26.2 Å². The van der Waals surface area contributed by atoms with Crippen molar-refractivity contribution < 1.29 is 16.9 Å². The minimum Gasteiger partial charge on any atom is -1.00 e. The third kappa shape index (κ3) is 4.44. The quantitative estimate of drug-likeness (QED) is 0.725. The molecule has 0 N–H and O–H groups in total. The molecule has 2 aliphatic rings. The Hall–Kier alpha value is -1.35. The number of halogens is 1. The predicted octanol–water partition coefficient (Wildman–Crippen LogP) is 1.08. The van der Waals surface area contributed by atoms with Crippen LogP contribution >= 0.6 is 0 Å². The number of rotatable bonds is 5. The van der Waals surface area contributed by atoms with Crippen LogP contribution in [-0.4, -0.2) is 41.6 Å². The molecule has 1 spiro atoms. The van der Waals surface area contributed by atoms with Gasteiger partial charge >= 0.3 is 0 Å². The van der Waals surface area contributed by atoms with Crippen molar-refractivity contribution >= 4 is 0 Å². The van der Waals surface area contributed by atoms with Gasteiger partial charge in [0.15, 0.2) is 0 Å². The Morgan fingerprint density at radius 3 is 1.80 bits per heavy atom. The smallest absolute Gasteiger partial charge is 0.0947 e. The molecule has 1 atom stereocenters. The molecule has 0 radical (unpaired) electrons. The number of hydrogen-bond donors (Lipinski definition) is 0. The largest absolute Gasteiger partial charge is 1.00 e. The summed E-state index contributed by atoms with van der Waals surface area (Å²) >= 11 is 0. The molecular weight excluding hydrogens is 328 g/mol. The summed E-state index contributed by atoms with van der Waals surface area (Å²) in [6.45, 7) is 7.73. The zero-order valence-corrected chi connectivity index (χ0v) is 15.7. The van der Waals surface area contributed by atoms with Gasteiger partial charge < -0.3 is 16.9 Å². The van der Waals surface area contributed by atoms with E-state index in [1.807, 2.05) is 0 Å². The van der Waals surface area contributed by atoms with Gasteiger partial charge in [0.05, 0.1) is 32.2 Å². The zero-order valence-electron chi connectivity index (χ0n) is 15.0. The van der Waals surface area contributed by atoms with Crippen molar-refractivity contribution in [3.63, 3.8) is 0 Å². The average Bonchev–Trinajstić information content (AvgIpc) is 3.26. The zero-order chi connectivity index (χ0) is 16.2. The molecule has 2 fully saturated rings. The lowest BCUT2D eigenvalue weighted by Crippen LogP contribution is -3.00. The van der Waals surface area contributed by atoms with Gasteiger partial charge in [0.25, 0.3) is 0 Å². The van der Waals surface area contributed by atoms with Crippen molar-refractivity contribution in [1.82, 2.24) is 4.90 Å². The van der Waals surface area contributed by atoms with E-state index in [0.717, 1.165) is 19.1 Å². The van der Waals surface area contributed by atoms with E-state index < -0.39 is 0 Å². The second kappa shape index (κ2) is 8.35. The lowest BCUT2D eigenvalue weighted by atomic mass is 10.1. The van der Waals surface area contributed by atoms with Gasteiger partial charge in [0, 0.05) is 32.4 Å². The summed E-state index contributed by atoms with van der Waals surface area (Å²) in [6.07, 6.45) is 4.23. The van der Waals surface area contributed by atoms with Crippen LogP contribution < -0.4 is 12.4 Å². The van der Waals surface area contributed by atoms with Crippen molar-refractivity contribution in [1.29, 1.82) is 0 Å². The molecule has 25 heavy (non-hydrogen) atoms. The molecule has 0 aromatic heterocycles. The van der Waals surface area contributed by atoms with E-state index in [-0.39, 0.29) is 12.4 Å². The van der Waals surface area contributed by atoms with E-state index in [0.29, 0.717) is 0 Å². The van der Waals surface area contributed by atoms with Crippen LogP contribution in [0, 0.1) is 0 Å². The van der Waals surface area contributed by atoms with Crippen LogP contribution in [0.3, 0.4) is 0 Å². The molecule has 2 aliphatic heterocycles. The number of nitrogens with zero attached hydrogens (tertiary/aromatic N) is 2. The van der Waals surface area contributed by atoms with Gasteiger partial charge in [0.1, 0.15) is 0 Å². The fraction of sp³-hybridized carbons (Fsp3) is 0.455. The molecule has 2 nitrogen and oxygen atoms in total. The van der Waals surface area contributed by atoms with Gasteiger partial charge in [-0.05, 0) is 11.1 Å². The van der Waals surface area contributed by atoms with E-state index in [1.165, 1.54) is 61.1 Å². The SMILES string of the molecule is [Cl-].c1ccc(CN(Cc2ccccc2)[C@H]2CC[N+]3(CCCC3)C2)cc1. The third-order valence-corrected chi connectivity index (χ3v) is 6.02. The topological polar surface area (TPSA) is 3.24 Å². The maximum Gasteiger partial charge on any atom is 0.0947 e. The molecule has 134 valence electrons. The monoisotopic (exact) mass is 356 g/mol. The molecule has 0 saturated carbocycles. The molecule has 2 saturated heterocycles. The Morgan fingerprint density at radius 2 is 1.28 bits per heavy atom. The van der Waals surface area contributed by atoms with Gasteiger partial charge in [-0.25, -0.2) is 0 Å². The van der Waals surface area contributed by atoms with Gasteiger partial charge in [-0.2, -0.15) is 0 Å².